The lowest BCUT2D eigenvalue weighted by Gasteiger charge is -2.37. The summed E-state index contributed by atoms with van der Waals surface area (Å²) in [5.74, 6) is 0.969. The van der Waals surface area contributed by atoms with E-state index in [-0.39, 0.29) is 24.3 Å². The van der Waals surface area contributed by atoms with Crippen LogP contribution in [0, 0.1) is 6.92 Å². The van der Waals surface area contributed by atoms with Crippen molar-refractivity contribution < 1.29 is 14.1 Å². The number of nitrogens with zero attached hydrogens (tertiary/aromatic N) is 3. The first-order chi connectivity index (χ1) is 13.5. The van der Waals surface area contributed by atoms with E-state index in [0.717, 1.165) is 37.7 Å². The molecule has 2 amide bonds. The van der Waals surface area contributed by atoms with Gasteiger partial charge in [-0.15, -0.1) is 0 Å². The minimum absolute atomic E-state index is 0.00308. The van der Waals surface area contributed by atoms with Crippen LogP contribution in [0.15, 0.2) is 28.8 Å². The van der Waals surface area contributed by atoms with Gasteiger partial charge in [-0.2, -0.15) is 4.98 Å². The minimum Gasteiger partial charge on any atom is -0.343 e. The van der Waals surface area contributed by atoms with Gasteiger partial charge in [-0.05, 0) is 30.4 Å². The SMILES string of the molecule is CC(=O)N1CCc2ccccc2C1CC(=O)NC1(c2noc(C)n2)CCCC1. The largest absolute Gasteiger partial charge is 0.343 e. The van der Waals surface area contributed by atoms with Crippen LogP contribution in [-0.4, -0.2) is 33.4 Å². The summed E-state index contributed by atoms with van der Waals surface area (Å²) < 4.78 is 5.16. The molecule has 28 heavy (non-hydrogen) atoms. The number of carbonyl (C=O) groups excluding carboxylic acids is 2. The predicted molar refractivity (Wildman–Crippen MR) is 102 cm³/mol. The van der Waals surface area contributed by atoms with Crippen molar-refractivity contribution in [3.05, 3.63) is 47.1 Å². The van der Waals surface area contributed by atoms with Gasteiger partial charge in [0.15, 0.2) is 5.82 Å². The molecular formula is C21H26N4O3. The van der Waals surface area contributed by atoms with Crippen molar-refractivity contribution in [1.82, 2.24) is 20.4 Å². The van der Waals surface area contributed by atoms with Crippen molar-refractivity contribution in [1.29, 1.82) is 0 Å². The molecule has 1 fully saturated rings. The summed E-state index contributed by atoms with van der Waals surface area (Å²) >= 11 is 0. The lowest BCUT2D eigenvalue weighted by Crippen LogP contribution is -2.47. The molecule has 7 nitrogen and oxygen atoms in total. The summed E-state index contributed by atoms with van der Waals surface area (Å²) in [5, 5.41) is 7.28. The quantitative estimate of drug-likeness (QED) is 0.878. The van der Waals surface area contributed by atoms with E-state index in [1.165, 1.54) is 5.56 Å². The number of hydrogen-bond donors (Lipinski definition) is 1. The standard InChI is InChI=1S/C21H26N4O3/c1-14-22-20(24-28-14)21(10-5-6-11-21)23-19(27)13-18-17-8-4-3-7-16(17)9-12-25(18)15(2)26/h3-4,7-8,18H,5-6,9-13H2,1-2H3,(H,23,27). The second kappa shape index (κ2) is 7.37. The van der Waals surface area contributed by atoms with Gasteiger partial charge in [0.25, 0.3) is 0 Å². The topological polar surface area (TPSA) is 88.3 Å². The predicted octanol–water partition coefficient (Wildman–Crippen LogP) is 2.80. The molecule has 0 radical (unpaired) electrons. The fourth-order valence-electron chi connectivity index (χ4n) is 4.62. The van der Waals surface area contributed by atoms with E-state index in [2.05, 4.69) is 21.5 Å². The maximum Gasteiger partial charge on any atom is 0.223 e. The highest BCUT2D eigenvalue weighted by atomic mass is 16.5. The zero-order valence-electron chi connectivity index (χ0n) is 16.4. The first kappa shape index (κ1) is 18.7. The highest BCUT2D eigenvalue weighted by molar-refractivity contribution is 5.80. The van der Waals surface area contributed by atoms with E-state index in [1.54, 1.807) is 13.8 Å². The van der Waals surface area contributed by atoms with Gasteiger partial charge >= 0.3 is 0 Å². The van der Waals surface area contributed by atoms with Crippen molar-refractivity contribution in [2.45, 2.75) is 64.0 Å². The van der Waals surface area contributed by atoms with Crippen molar-refractivity contribution >= 4 is 11.8 Å². The van der Waals surface area contributed by atoms with Gasteiger partial charge in [-0.3, -0.25) is 9.59 Å². The van der Waals surface area contributed by atoms with Crippen LogP contribution < -0.4 is 5.32 Å². The number of hydrogen-bond acceptors (Lipinski definition) is 5. The molecule has 1 aliphatic carbocycles. The molecule has 0 bridgehead atoms. The van der Waals surface area contributed by atoms with Gasteiger partial charge in [-0.25, -0.2) is 0 Å². The molecule has 1 N–H and O–H groups in total. The molecule has 1 aromatic carbocycles. The van der Waals surface area contributed by atoms with E-state index in [9.17, 15) is 9.59 Å². The number of aromatic nitrogens is 2. The summed E-state index contributed by atoms with van der Waals surface area (Å²) in [5.41, 5.74) is 1.71. The summed E-state index contributed by atoms with van der Waals surface area (Å²) in [6.45, 7) is 3.96. The normalized spacial score (nSPS) is 20.6. The maximum absolute atomic E-state index is 13.1. The van der Waals surface area contributed by atoms with Crippen LogP contribution in [0.25, 0.3) is 0 Å². The summed E-state index contributed by atoms with van der Waals surface area (Å²) in [7, 11) is 0. The Labute approximate surface area is 164 Å². The van der Waals surface area contributed by atoms with E-state index in [0.29, 0.717) is 18.3 Å². The fourth-order valence-corrected chi connectivity index (χ4v) is 4.62. The second-order valence-corrected chi connectivity index (χ2v) is 7.86. The third kappa shape index (κ3) is 3.41. The maximum atomic E-state index is 13.1. The Balaban J connectivity index is 1.57. The first-order valence-corrected chi connectivity index (χ1v) is 9.95. The average Bonchev–Trinajstić information content (AvgIpc) is 3.31. The van der Waals surface area contributed by atoms with Gasteiger partial charge in [-0.1, -0.05) is 42.3 Å². The summed E-state index contributed by atoms with van der Waals surface area (Å²) in [4.78, 5) is 31.5. The van der Waals surface area contributed by atoms with Gasteiger partial charge < -0.3 is 14.7 Å². The van der Waals surface area contributed by atoms with E-state index in [4.69, 9.17) is 4.52 Å². The Bertz CT molecular complexity index is 885. The third-order valence-electron chi connectivity index (χ3n) is 5.99. The summed E-state index contributed by atoms with van der Waals surface area (Å²) in [6, 6.07) is 7.83. The number of carbonyl (C=O) groups is 2. The minimum atomic E-state index is -0.565. The monoisotopic (exact) mass is 382 g/mol. The Hall–Kier alpha value is -2.70. The van der Waals surface area contributed by atoms with Crippen LogP contribution in [0.4, 0.5) is 0 Å². The van der Waals surface area contributed by atoms with Crippen molar-refractivity contribution in [3.63, 3.8) is 0 Å². The lowest BCUT2D eigenvalue weighted by atomic mass is 9.89. The van der Waals surface area contributed by atoms with Crippen molar-refractivity contribution in [2.75, 3.05) is 6.54 Å². The van der Waals surface area contributed by atoms with Crippen LogP contribution in [0.3, 0.4) is 0 Å². The average molecular weight is 382 g/mol. The molecule has 0 spiro atoms. The molecule has 4 rings (SSSR count). The van der Waals surface area contributed by atoms with Crippen LogP contribution in [0.1, 0.15) is 67.9 Å². The van der Waals surface area contributed by atoms with Gasteiger partial charge in [0.05, 0.1) is 12.5 Å². The van der Waals surface area contributed by atoms with Gasteiger partial charge in [0.2, 0.25) is 17.7 Å². The molecule has 2 aliphatic rings. The Kier molecular flexibility index (Phi) is 4.91. The Morgan fingerprint density at radius 3 is 2.71 bits per heavy atom. The molecule has 2 aromatic rings. The third-order valence-corrected chi connectivity index (χ3v) is 5.99. The zero-order valence-corrected chi connectivity index (χ0v) is 16.4. The molecule has 1 aliphatic heterocycles. The van der Waals surface area contributed by atoms with Gasteiger partial charge in [0.1, 0.15) is 5.54 Å². The molecule has 1 saturated carbocycles. The number of rotatable bonds is 4. The van der Waals surface area contributed by atoms with E-state index >= 15 is 0 Å². The molecule has 2 heterocycles. The summed E-state index contributed by atoms with van der Waals surface area (Å²) in [6.07, 6.45) is 4.68. The Morgan fingerprint density at radius 2 is 2.04 bits per heavy atom. The van der Waals surface area contributed by atoms with E-state index < -0.39 is 5.54 Å². The number of amides is 2. The molecule has 7 heteroatoms. The molecule has 148 valence electrons. The highest BCUT2D eigenvalue weighted by Crippen LogP contribution is 2.38. The lowest BCUT2D eigenvalue weighted by molar-refractivity contribution is -0.133. The van der Waals surface area contributed by atoms with Crippen LogP contribution in [0.5, 0.6) is 0 Å². The first-order valence-electron chi connectivity index (χ1n) is 9.95. The fraction of sp³-hybridized carbons (Fsp3) is 0.524. The van der Waals surface area contributed by atoms with Crippen LogP contribution in [-0.2, 0) is 21.5 Å². The number of benzene rings is 1. The van der Waals surface area contributed by atoms with Crippen LogP contribution >= 0.6 is 0 Å². The molecule has 1 aromatic heterocycles. The highest BCUT2D eigenvalue weighted by Gasteiger charge is 2.42. The molecule has 0 saturated heterocycles. The van der Waals surface area contributed by atoms with Crippen molar-refractivity contribution in [2.24, 2.45) is 0 Å². The Morgan fingerprint density at radius 1 is 1.29 bits per heavy atom. The van der Waals surface area contributed by atoms with Crippen molar-refractivity contribution in [3.8, 4) is 0 Å². The zero-order chi connectivity index (χ0) is 19.7. The molecular weight excluding hydrogens is 356 g/mol. The number of fused-ring (bicyclic) bond motifs is 1. The smallest absolute Gasteiger partial charge is 0.223 e. The number of nitrogens with one attached hydrogen (secondary N) is 1. The number of aryl methyl sites for hydroxylation is 1. The second-order valence-electron chi connectivity index (χ2n) is 7.86. The van der Waals surface area contributed by atoms with Crippen LogP contribution in [0.2, 0.25) is 0 Å². The van der Waals surface area contributed by atoms with Gasteiger partial charge in [0, 0.05) is 20.4 Å². The molecule has 1 unspecified atom stereocenters. The molecule has 1 atom stereocenters. The van der Waals surface area contributed by atoms with E-state index in [1.807, 2.05) is 23.1 Å².